The van der Waals surface area contributed by atoms with Gasteiger partial charge in [-0.25, -0.2) is 0 Å². The van der Waals surface area contributed by atoms with Crippen LogP contribution in [0.1, 0.15) is 38.2 Å². The van der Waals surface area contributed by atoms with Crippen LogP contribution in [0.5, 0.6) is 0 Å². The Labute approximate surface area is 172 Å². The molecule has 5 nitrogen and oxygen atoms in total. The molecule has 0 bridgehead atoms. The van der Waals surface area contributed by atoms with Gasteiger partial charge in [0.1, 0.15) is 0 Å². The summed E-state index contributed by atoms with van der Waals surface area (Å²) in [5.74, 6) is 0.904. The van der Waals surface area contributed by atoms with Crippen molar-refractivity contribution in [3.8, 4) is 0 Å². The molecule has 0 aliphatic carbocycles. The maximum absolute atomic E-state index is 5.65. The summed E-state index contributed by atoms with van der Waals surface area (Å²) in [7, 11) is 1.86. The van der Waals surface area contributed by atoms with E-state index in [0.29, 0.717) is 6.04 Å². The van der Waals surface area contributed by atoms with Crippen LogP contribution in [0, 0.1) is 0 Å². The minimum absolute atomic E-state index is 0.0966. The first-order valence-electron chi connectivity index (χ1n) is 10.2. The van der Waals surface area contributed by atoms with E-state index >= 15 is 0 Å². The Kier molecular flexibility index (Phi) is 7.56. The van der Waals surface area contributed by atoms with Crippen molar-refractivity contribution in [3.63, 3.8) is 0 Å². The van der Waals surface area contributed by atoms with Crippen LogP contribution in [0.4, 0.5) is 0 Å². The lowest BCUT2D eigenvalue weighted by molar-refractivity contribution is 0.0513. The normalized spacial score (nSPS) is 23.4. The SMILES string of the molecule is CCN1CCCC1CNC(=NC)NCC1(c2ccc(Br)cc2)CCOCC1. The molecule has 6 heteroatoms. The molecular weight excluding hydrogens is 404 g/mol. The highest BCUT2D eigenvalue weighted by Crippen LogP contribution is 2.34. The van der Waals surface area contributed by atoms with E-state index in [2.05, 4.69) is 67.6 Å². The molecule has 2 aliphatic rings. The lowest BCUT2D eigenvalue weighted by atomic mass is 9.74. The number of benzene rings is 1. The molecule has 0 amide bonds. The van der Waals surface area contributed by atoms with Crippen LogP contribution in [-0.2, 0) is 10.2 Å². The highest BCUT2D eigenvalue weighted by molar-refractivity contribution is 9.10. The van der Waals surface area contributed by atoms with Gasteiger partial charge in [0.25, 0.3) is 0 Å². The zero-order valence-electron chi connectivity index (χ0n) is 16.6. The second-order valence-corrected chi connectivity index (χ2v) is 8.55. The molecule has 2 N–H and O–H groups in total. The number of aliphatic imine (C=N–C) groups is 1. The zero-order valence-corrected chi connectivity index (χ0v) is 18.2. The fourth-order valence-electron chi connectivity index (χ4n) is 4.36. The molecule has 150 valence electrons. The average molecular weight is 437 g/mol. The Morgan fingerprint density at radius 3 is 2.67 bits per heavy atom. The molecule has 1 atom stereocenters. The first-order valence-corrected chi connectivity index (χ1v) is 11.0. The van der Waals surface area contributed by atoms with Gasteiger partial charge in [0.15, 0.2) is 5.96 Å². The van der Waals surface area contributed by atoms with Crippen molar-refractivity contribution in [2.75, 3.05) is 46.4 Å². The van der Waals surface area contributed by atoms with Gasteiger partial charge < -0.3 is 15.4 Å². The molecule has 1 aromatic rings. The summed E-state index contributed by atoms with van der Waals surface area (Å²) in [5.41, 5.74) is 1.48. The smallest absolute Gasteiger partial charge is 0.191 e. The predicted molar refractivity (Wildman–Crippen MR) is 116 cm³/mol. The Morgan fingerprint density at radius 2 is 2.00 bits per heavy atom. The third-order valence-electron chi connectivity index (χ3n) is 6.13. The van der Waals surface area contributed by atoms with Crippen LogP contribution in [-0.4, -0.2) is 63.3 Å². The molecule has 2 fully saturated rings. The van der Waals surface area contributed by atoms with Gasteiger partial charge in [-0.1, -0.05) is 35.0 Å². The molecule has 1 aromatic carbocycles. The highest BCUT2D eigenvalue weighted by Gasteiger charge is 2.34. The molecule has 27 heavy (non-hydrogen) atoms. The molecule has 1 unspecified atom stereocenters. The van der Waals surface area contributed by atoms with Gasteiger partial charge in [0, 0.05) is 49.3 Å². The zero-order chi connectivity index (χ0) is 19.1. The first kappa shape index (κ1) is 20.6. The number of halogens is 1. The number of likely N-dealkylation sites (N-methyl/N-ethyl adjacent to an activating group) is 1. The van der Waals surface area contributed by atoms with E-state index in [-0.39, 0.29) is 5.41 Å². The van der Waals surface area contributed by atoms with Crippen LogP contribution in [0.15, 0.2) is 33.7 Å². The number of rotatable bonds is 6. The summed E-state index contributed by atoms with van der Waals surface area (Å²) in [6, 6.07) is 9.38. The van der Waals surface area contributed by atoms with Gasteiger partial charge in [-0.05, 0) is 56.5 Å². The Hall–Kier alpha value is -1.11. The lowest BCUT2D eigenvalue weighted by Crippen LogP contribution is -2.50. The Morgan fingerprint density at radius 1 is 1.26 bits per heavy atom. The summed E-state index contributed by atoms with van der Waals surface area (Å²) >= 11 is 3.55. The third kappa shape index (κ3) is 5.24. The lowest BCUT2D eigenvalue weighted by Gasteiger charge is -2.38. The first-order chi connectivity index (χ1) is 13.2. The monoisotopic (exact) mass is 436 g/mol. The highest BCUT2D eigenvalue weighted by atomic mass is 79.9. The van der Waals surface area contributed by atoms with E-state index in [0.717, 1.165) is 56.1 Å². The van der Waals surface area contributed by atoms with Crippen molar-refractivity contribution in [1.29, 1.82) is 0 Å². The number of guanidine groups is 1. The van der Waals surface area contributed by atoms with Crippen molar-refractivity contribution in [1.82, 2.24) is 15.5 Å². The van der Waals surface area contributed by atoms with Gasteiger partial charge in [-0.15, -0.1) is 0 Å². The number of likely N-dealkylation sites (tertiary alicyclic amines) is 1. The second kappa shape index (κ2) is 9.89. The standard InChI is InChI=1S/C21H33BrN4O/c1-3-26-12-4-5-19(26)15-24-20(23-2)25-16-21(10-13-27-14-11-21)17-6-8-18(22)9-7-17/h6-9,19H,3-5,10-16H2,1-2H3,(H2,23,24,25). The van der Waals surface area contributed by atoms with Gasteiger partial charge in [0.05, 0.1) is 0 Å². The predicted octanol–water partition coefficient (Wildman–Crippen LogP) is 3.15. The number of hydrogen-bond acceptors (Lipinski definition) is 3. The summed E-state index contributed by atoms with van der Waals surface area (Å²) in [5, 5.41) is 7.15. The van der Waals surface area contributed by atoms with Crippen molar-refractivity contribution in [3.05, 3.63) is 34.3 Å². The molecule has 3 rings (SSSR count). The molecule has 2 aliphatic heterocycles. The van der Waals surface area contributed by atoms with Crippen LogP contribution in [0.2, 0.25) is 0 Å². The summed E-state index contributed by atoms with van der Waals surface area (Å²) in [4.78, 5) is 7.02. The topological polar surface area (TPSA) is 48.9 Å². The quantitative estimate of drug-likeness (QED) is 0.531. The third-order valence-corrected chi connectivity index (χ3v) is 6.66. The fourth-order valence-corrected chi connectivity index (χ4v) is 4.63. The molecule has 0 saturated carbocycles. The Bertz CT molecular complexity index is 613. The molecule has 0 spiro atoms. The van der Waals surface area contributed by atoms with Crippen molar-refractivity contribution < 1.29 is 4.74 Å². The van der Waals surface area contributed by atoms with Gasteiger partial charge in [-0.3, -0.25) is 9.89 Å². The fraction of sp³-hybridized carbons (Fsp3) is 0.667. The van der Waals surface area contributed by atoms with Gasteiger partial charge in [0.2, 0.25) is 0 Å². The van der Waals surface area contributed by atoms with E-state index in [1.165, 1.54) is 24.9 Å². The second-order valence-electron chi connectivity index (χ2n) is 7.63. The van der Waals surface area contributed by atoms with Crippen molar-refractivity contribution in [2.45, 2.75) is 44.1 Å². The number of ether oxygens (including phenoxy) is 1. The molecule has 2 saturated heterocycles. The van der Waals surface area contributed by atoms with E-state index in [1.807, 2.05) is 7.05 Å². The number of nitrogens with one attached hydrogen (secondary N) is 2. The van der Waals surface area contributed by atoms with Crippen LogP contribution >= 0.6 is 15.9 Å². The average Bonchev–Trinajstić information content (AvgIpc) is 3.17. The van der Waals surface area contributed by atoms with Crippen molar-refractivity contribution >= 4 is 21.9 Å². The van der Waals surface area contributed by atoms with Crippen LogP contribution in [0.25, 0.3) is 0 Å². The van der Waals surface area contributed by atoms with Gasteiger partial charge >= 0.3 is 0 Å². The van der Waals surface area contributed by atoms with E-state index < -0.39 is 0 Å². The summed E-state index contributed by atoms with van der Waals surface area (Å²) < 4.78 is 6.78. The van der Waals surface area contributed by atoms with Crippen molar-refractivity contribution in [2.24, 2.45) is 4.99 Å². The molecule has 0 radical (unpaired) electrons. The summed E-state index contributed by atoms with van der Waals surface area (Å²) in [6.07, 6.45) is 4.65. The minimum Gasteiger partial charge on any atom is -0.381 e. The Balaban J connectivity index is 1.61. The van der Waals surface area contributed by atoms with Crippen LogP contribution in [0.3, 0.4) is 0 Å². The number of hydrogen-bond donors (Lipinski definition) is 2. The molecular formula is C21H33BrN4O. The maximum Gasteiger partial charge on any atom is 0.191 e. The minimum atomic E-state index is 0.0966. The van der Waals surface area contributed by atoms with E-state index in [9.17, 15) is 0 Å². The van der Waals surface area contributed by atoms with E-state index in [1.54, 1.807) is 0 Å². The number of nitrogens with zero attached hydrogens (tertiary/aromatic N) is 2. The molecule has 2 heterocycles. The summed E-state index contributed by atoms with van der Waals surface area (Å²) in [6.45, 7) is 8.07. The maximum atomic E-state index is 5.65. The van der Waals surface area contributed by atoms with Crippen LogP contribution < -0.4 is 10.6 Å². The molecule has 0 aromatic heterocycles. The van der Waals surface area contributed by atoms with Gasteiger partial charge in [-0.2, -0.15) is 0 Å². The van der Waals surface area contributed by atoms with E-state index in [4.69, 9.17) is 4.74 Å². The largest absolute Gasteiger partial charge is 0.381 e.